The second kappa shape index (κ2) is 6.06. The summed E-state index contributed by atoms with van der Waals surface area (Å²) >= 11 is 0. The van der Waals surface area contributed by atoms with Crippen LogP contribution in [0.15, 0.2) is 22.9 Å². The molecule has 24 heavy (non-hydrogen) atoms. The number of hydrogen-bond donors (Lipinski definition) is 1. The molecule has 0 fully saturated rings. The number of hydrogen-bond acceptors (Lipinski definition) is 5. The summed E-state index contributed by atoms with van der Waals surface area (Å²) in [5.74, 6) is 0.635. The molecule has 0 saturated carbocycles. The first-order chi connectivity index (χ1) is 11.2. The lowest BCUT2D eigenvalue weighted by molar-refractivity contribution is 0.0604. The molecule has 1 aliphatic heterocycles. The number of rotatable bonds is 4. The average Bonchev–Trinajstić information content (AvgIpc) is 3.09. The standard InChI is InChI=1S/C15H20N4O4S/c1-10-4-5-14(23-10)15(20)19-8-12-13(18(2)9-16-12)6-11(19)7-17-24(3,21)22/h4-5,9,11,17H,6-8H2,1-3H3/t11-/m0/s1. The normalized spacial score (nSPS) is 17.8. The Morgan fingerprint density at radius 3 is 2.83 bits per heavy atom. The molecule has 1 aliphatic rings. The Morgan fingerprint density at radius 1 is 1.46 bits per heavy atom. The van der Waals surface area contributed by atoms with Crippen LogP contribution in [-0.4, -0.2) is 47.6 Å². The monoisotopic (exact) mass is 352 g/mol. The molecule has 3 heterocycles. The van der Waals surface area contributed by atoms with Crippen molar-refractivity contribution in [2.75, 3.05) is 12.8 Å². The molecular weight excluding hydrogens is 332 g/mol. The van der Waals surface area contributed by atoms with E-state index >= 15 is 0 Å². The highest BCUT2D eigenvalue weighted by molar-refractivity contribution is 7.88. The van der Waals surface area contributed by atoms with Crippen LogP contribution in [0.3, 0.4) is 0 Å². The second-order valence-corrected chi connectivity index (χ2v) is 7.90. The number of aryl methyl sites for hydroxylation is 2. The maximum atomic E-state index is 12.8. The fourth-order valence-corrected chi connectivity index (χ4v) is 3.38. The molecule has 2 aromatic rings. The van der Waals surface area contributed by atoms with Crippen LogP contribution >= 0.6 is 0 Å². The van der Waals surface area contributed by atoms with E-state index in [9.17, 15) is 13.2 Å². The molecule has 0 unspecified atom stereocenters. The van der Waals surface area contributed by atoms with Gasteiger partial charge in [0.1, 0.15) is 5.76 Å². The van der Waals surface area contributed by atoms with Gasteiger partial charge >= 0.3 is 0 Å². The predicted molar refractivity (Wildman–Crippen MR) is 86.9 cm³/mol. The Balaban J connectivity index is 1.89. The zero-order valence-corrected chi connectivity index (χ0v) is 14.6. The van der Waals surface area contributed by atoms with E-state index in [4.69, 9.17) is 4.42 Å². The highest BCUT2D eigenvalue weighted by Gasteiger charge is 2.34. The number of amides is 1. The highest BCUT2D eigenvalue weighted by atomic mass is 32.2. The molecule has 0 saturated heterocycles. The van der Waals surface area contributed by atoms with Crippen LogP contribution in [0, 0.1) is 6.92 Å². The van der Waals surface area contributed by atoms with Crippen LogP contribution in [0.25, 0.3) is 0 Å². The summed E-state index contributed by atoms with van der Waals surface area (Å²) < 4.78 is 32.7. The van der Waals surface area contributed by atoms with Gasteiger partial charge in [0.05, 0.1) is 30.9 Å². The largest absolute Gasteiger partial charge is 0.456 e. The van der Waals surface area contributed by atoms with Gasteiger partial charge < -0.3 is 13.9 Å². The Hall–Kier alpha value is -2.13. The second-order valence-electron chi connectivity index (χ2n) is 6.07. The van der Waals surface area contributed by atoms with Crippen LogP contribution in [0.5, 0.6) is 0 Å². The van der Waals surface area contributed by atoms with Gasteiger partial charge in [0.25, 0.3) is 5.91 Å². The molecule has 0 bridgehead atoms. The van der Waals surface area contributed by atoms with Gasteiger partial charge in [-0.2, -0.15) is 0 Å². The van der Waals surface area contributed by atoms with Crippen molar-refractivity contribution in [1.29, 1.82) is 0 Å². The Labute approximate surface area is 140 Å². The molecule has 8 nitrogen and oxygen atoms in total. The van der Waals surface area contributed by atoms with Crippen LogP contribution in [0.1, 0.15) is 27.7 Å². The first-order valence-corrected chi connectivity index (χ1v) is 9.45. The topological polar surface area (TPSA) is 97.4 Å². The van der Waals surface area contributed by atoms with Gasteiger partial charge in [0, 0.05) is 25.7 Å². The summed E-state index contributed by atoms with van der Waals surface area (Å²) in [5, 5.41) is 0. The fraction of sp³-hybridized carbons (Fsp3) is 0.467. The van der Waals surface area contributed by atoms with Crippen LogP contribution < -0.4 is 4.72 Å². The third kappa shape index (κ3) is 3.36. The van der Waals surface area contributed by atoms with Crippen LogP contribution in [0.2, 0.25) is 0 Å². The number of nitrogens with zero attached hydrogens (tertiary/aromatic N) is 3. The zero-order valence-electron chi connectivity index (χ0n) is 13.8. The number of furan rings is 1. The predicted octanol–water partition coefficient (Wildman–Crippen LogP) is 0.438. The number of fused-ring (bicyclic) bond motifs is 1. The molecule has 130 valence electrons. The molecule has 3 rings (SSSR count). The summed E-state index contributed by atoms with van der Waals surface area (Å²) in [7, 11) is -1.45. The van der Waals surface area contributed by atoms with Gasteiger partial charge in [-0.3, -0.25) is 4.79 Å². The lowest BCUT2D eigenvalue weighted by atomic mass is 10.0. The summed E-state index contributed by atoms with van der Waals surface area (Å²) in [4.78, 5) is 18.7. The maximum absolute atomic E-state index is 12.8. The van der Waals surface area contributed by atoms with Gasteiger partial charge in [0.2, 0.25) is 10.0 Å². The molecule has 0 aliphatic carbocycles. The minimum absolute atomic E-state index is 0.148. The number of carbonyl (C=O) groups is 1. The molecule has 1 N–H and O–H groups in total. The maximum Gasteiger partial charge on any atom is 0.290 e. The van der Waals surface area contributed by atoms with Gasteiger partial charge in [-0.15, -0.1) is 0 Å². The third-order valence-corrected chi connectivity index (χ3v) is 4.82. The van der Waals surface area contributed by atoms with Crippen molar-refractivity contribution in [3.8, 4) is 0 Å². The van der Waals surface area contributed by atoms with Crippen molar-refractivity contribution in [2.45, 2.75) is 25.9 Å². The summed E-state index contributed by atoms with van der Waals surface area (Å²) in [6.07, 6.45) is 3.34. The lowest BCUT2D eigenvalue weighted by Gasteiger charge is -2.35. The minimum atomic E-state index is -3.34. The Morgan fingerprint density at radius 2 is 2.21 bits per heavy atom. The van der Waals surface area contributed by atoms with Gasteiger partial charge in [-0.05, 0) is 19.1 Å². The number of sulfonamides is 1. The molecule has 0 aromatic carbocycles. The van der Waals surface area contributed by atoms with Crippen molar-refractivity contribution in [2.24, 2.45) is 7.05 Å². The van der Waals surface area contributed by atoms with E-state index in [-0.39, 0.29) is 24.3 Å². The van der Waals surface area contributed by atoms with Crippen LogP contribution in [-0.2, 0) is 30.0 Å². The van der Waals surface area contributed by atoms with Crippen molar-refractivity contribution < 1.29 is 17.6 Å². The summed E-state index contributed by atoms with van der Waals surface area (Å²) in [6, 6.07) is 3.06. The van der Waals surface area contributed by atoms with E-state index in [0.29, 0.717) is 18.7 Å². The summed E-state index contributed by atoms with van der Waals surface area (Å²) in [6.45, 7) is 2.24. The number of imidazole rings is 1. The van der Waals surface area contributed by atoms with E-state index in [1.807, 2.05) is 11.6 Å². The number of nitrogens with one attached hydrogen (secondary N) is 1. The highest BCUT2D eigenvalue weighted by Crippen LogP contribution is 2.24. The lowest BCUT2D eigenvalue weighted by Crippen LogP contribution is -2.50. The van der Waals surface area contributed by atoms with Crippen molar-refractivity contribution in [3.05, 3.63) is 41.4 Å². The van der Waals surface area contributed by atoms with Crippen LogP contribution in [0.4, 0.5) is 0 Å². The van der Waals surface area contributed by atoms with E-state index in [0.717, 1.165) is 17.6 Å². The summed E-state index contributed by atoms with van der Waals surface area (Å²) in [5.41, 5.74) is 1.83. The third-order valence-electron chi connectivity index (χ3n) is 4.13. The molecule has 0 radical (unpaired) electrons. The zero-order chi connectivity index (χ0) is 17.5. The fourth-order valence-electron chi connectivity index (χ4n) is 2.88. The first kappa shape index (κ1) is 16.7. The van der Waals surface area contributed by atoms with Crippen molar-refractivity contribution in [3.63, 3.8) is 0 Å². The molecule has 1 amide bonds. The SMILES string of the molecule is Cc1ccc(C(=O)N2Cc3ncn(C)c3C[C@H]2CNS(C)(=O)=O)o1. The minimum Gasteiger partial charge on any atom is -0.456 e. The quantitative estimate of drug-likeness (QED) is 0.861. The number of aromatic nitrogens is 2. The average molecular weight is 352 g/mol. The molecule has 0 spiro atoms. The van der Waals surface area contributed by atoms with E-state index < -0.39 is 10.0 Å². The van der Waals surface area contributed by atoms with E-state index in [1.54, 1.807) is 30.3 Å². The van der Waals surface area contributed by atoms with Crippen molar-refractivity contribution >= 4 is 15.9 Å². The van der Waals surface area contributed by atoms with Gasteiger partial charge in [-0.1, -0.05) is 0 Å². The number of carbonyl (C=O) groups excluding carboxylic acids is 1. The molecule has 9 heteroatoms. The molecular formula is C15H20N4O4S. The van der Waals surface area contributed by atoms with Crippen molar-refractivity contribution in [1.82, 2.24) is 19.2 Å². The molecule has 1 atom stereocenters. The van der Waals surface area contributed by atoms with E-state index in [1.165, 1.54) is 0 Å². The Bertz CT molecular complexity index is 868. The Kier molecular flexibility index (Phi) is 4.22. The van der Waals surface area contributed by atoms with Gasteiger partial charge in [0.15, 0.2) is 5.76 Å². The smallest absolute Gasteiger partial charge is 0.290 e. The molecule has 2 aromatic heterocycles. The van der Waals surface area contributed by atoms with E-state index in [2.05, 4.69) is 9.71 Å². The van der Waals surface area contributed by atoms with Gasteiger partial charge in [-0.25, -0.2) is 18.1 Å². The first-order valence-electron chi connectivity index (χ1n) is 7.55.